The fourth-order valence-corrected chi connectivity index (χ4v) is 3.31. The van der Waals surface area contributed by atoms with Crippen LogP contribution in [0, 0.1) is 0 Å². The van der Waals surface area contributed by atoms with Crippen LogP contribution < -0.4 is 14.8 Å². The largest absolute Gasteiger partial charge is 0.497 e. The van der Waals surface area contributed by atoms with Crippen LogP contribution in [0.25, 0.3) is 22.6 Å². The summed E-state index contributed by atoms with van der Waals surface area (Å²) in [4.78, 5) is 17.3. The zero-order chi connectivity index (χ0) is 22.0. The molecular formula is C25H24N2O4. The second-order valence-electron chi connectivity index (χ2n) is 7.50. The van der Waals surface area contributed by atoms with Crippen molar-refractivity contribution < 1.29 is 18.7 Å². The second kappa shape index (κ2) is 8.52. The first-order valence-corrected chi connectivity index (χ1v) is 10.0. The number of methoxy groups -OCH3 is 2. The number of fused-ring (bicyclic) bond motifs is 1. The number of carbonyl (C=O) groups excluding carboxylic acids is 1. The van der Waals surface area contributed by atoms with Crippen molar-refractivity contribution in [2.45, 2.75) is 19.8 Å². The van der Waals surface area contributed by atoms with Gasteiger partial charge in [0.15, 0.2) is 5.58 Å². The van der Waals surface area contributed by atoms with E-state index in [9.17, 15) is 4.79 Å². The number of oxazole rings is 1. The highest BCUT2D eigenvalue weighted by Crippen LogP contribution is 2.29. The molecule has 1 aromatic heterocycles. The molecule has 0 fully saturated rings. The second-order valence-corrected chi connectivity index (χ2v) is 7.50. The Hall–Kier alpha value is -3.80. The van der Waals surface area contributed by atoms with Gasteiger partial charge in [-0.25, -0.2) is 4.98 Å². The first-order valence-electron chi connectivity index (χ1n) is 10.0. The minimum Gasteiger partial charge on any atom is -0.497 e. The lowest BCUT2D eigenvalue weighted by Crippen LogP contribution is -2.13. The number of rotatable bonds is 6. The van der Waals surface area contributed by atoms with Gasteiger partial charge in [-0.3, -0.25) is 4.79 Å². The van der Waals surface area contributed by atoms with E-state index in [0.717, 1.165) is 16.7 Å². The Morgan fingerprint density at radius 2 is 1.74 bits per heavy atom. The summed E-state index contributed by atoms with van der Waals surface area (Å²) < 4.78 is 16.4. The number of anilines is 1. The third-order valence-corrected chi connectivity index (χ3v) is 5.12. The molecule has 31 heavy (non-hydrogen) atoms. The SMILES string of the molecule is COc1ccc(C(=O)Nc2ccc(-c3nc4cc(C(C)C)ccc4o3)cc2)c(OC)c1. The molecule has 0 aliphatic heterocycles. The van der Waals surface area contributed by atoms with Crippen LogP contribution in [0.4, 0.5) is 5.69 Å². The van der Waals surface area contributed by atoms with Crippen LogP contribution in [0.5, 0.6) is 11.5 Å². The average molecular weight is 416 g/mol. The number of hydrogen-bond donors (Lipinski definition) is 1. The molecule has 3 aromatic carbocycles. The molecule has 0 spiro atoms. The zero-order valence-corrected chi connectivity index (χ0v) is 17.9. The minimum atomic E-state index is -0.268. The van der Waals surface area contributed by atoms with Crippen molar-refractivity contribution in [1.29, 1.82) is 0 Å². The van der Waals surface area contributed by atoms with E-state index in [-0.39, 0.29) is 5.91 Å². The number of nitrogens with zero attached hydrogens (tertiary/aromatic N) is 1. The summed E-state index contributed by atoms with van der Waals surface area (Å²) in [5.74, 6) is 1.77. The van der Waals surface area contributed by atoms with Crippen molar-refractivity contribution in [3.8, 4) is 23.0 Å². The predicted molar refractivity (Wildman–Crippen MR) is 121 cm³/mol. The van der Waals surface area contributed by atoms with Crippen molar-refractivity contribution in [3.05, 3.63) is 71.8 Å². The Morgan fingerprint density at radius 1 is 0.968 bits per heavy atom. The molecule has 0 bridgehead atoms. The van der Waals surface area contributed by atoms with Gasteiger partial charge >= 0.3 is 0 Å². The molecule has 158 valence electrons. The minimum absolute atomic E-state index is 0.268. The lowest BCUT2D eigenvalue weighted by Gasteiger charge is -2.11. The molecule has 1 N–H and O–H groups in total. The molecule has 0 aliphatic rings. The van der Waals surface area contributed by atoms with Crippen LogP contribution in [0.2, 0.25) is 0 Å². The van der Waals surface area contributed by atoms with Crippen LogP contribution in [-0.2, 0) is 0 Å². The molecule has 0 saturated heterocycles. The first-order chi connectivity index (χ1) is 15.0. The standard InChI is InChI=1S/C25H24N2O4/c1-15(2)17-7-12-22-21(13-17)27-25(31-22)16-5-8-18(9-6-16)26-24(28)20-11-10-19(29-3)14-23(20)30-4/h5-15H,1-4H3,(H,26,28). The Bertz CT molecular complexity index is 1230. The highest BCUT2D eigenvalue weighted by atomic mass is 16.5. The van der Waals surface area contributed by atoms with Gasteiger partial charge in [0, 0.05) is 17.3 Å². The summed E-state index contributed by atoms with van der Waals surface area (Å²) in [5.41, 5.74) is 4.73. The third kappa shape index (κ3) is 4.23. The highest BCUT2D eigenvalue weighted by Gasteiger charge is 2.14. The Balaban J connectivity index is 1.53. The molecule has 0 radical (unpaired) electrons. The van der Waals surface area contributed by atoms with E-state index < -0.39 is 0 Å². The normalized spacial score (nSPS) is 11.0. The average Bonchev–Trinajstić information content (AvgIpc) is 3.22. The van der Waals surface area contributed by atoms with Crippen LogP contribution in [-0.4, -0.2) is 25.1 Å². The van der Waals surface area contributed by atoms with Crippen molar-refractivity contribution in [2.75, 3.05) is 19.5 Å². The van der Waals surface area contributed by atoms with E-state index >= 15 is 0 Å². The molecule has 0 unspecified atom stereocenters. The lowest BCUT2D eigenvalue weighted by molar-refractivity contribution is 0.102. The van der Waals surface area contributed by atoms with Gasteiger partial charge in [-0.15, -0.1) is 0 Å². The number of amides is 1. The van der Waals surface area contributed by atoms with Gasteiger partial charge in [0.25, 0.3) is 5.91 Å². The van der Waals surface area contributed by atoms with Gasteiger partial charge in [0.1, 0.15) is 17.0 Å². The van der Waals surface area contributed by atoms with E-state index in [1.807, 2.05) is 30.3 Å². The molecule has 1 heterocycles. The summed E-state index contributed by atoms with van der Waals surface area (Å²) in [7, 11) is 3.08. The van der Waals surface area contributed by atoms with E-state index in [1.54, 1.807) is 25.3 Å². The van der Waals surface area contributed by atoms with E-state index in [1.165, 1.54) is 12.7 Å². The van der Waals surface area contributed by atoms with Crippen LogP contribution >= 0.6 is 0 Å². The lowest BCUT2D eigenvalue weighted by atomic mass is 10.0. The molecule has 0 aliphatic carbocycles. The van der Waals surface area contributed by atoms with Gasteiger partial charge in [0.2, 0.25) is 5.89 Å². The van der Waals surface area contributed by atoms with Gasteiger partial charge in [-0.1, -0.05) is 19.9 Å². The zero-order valence-electron chi connectivity index (χ0n) is 17.9. The quantitative estimate of drug-likeness (QED) is 0.424. The number of ether oxygens (including phenoxy) is 2. The van der Waals surface area contributed by atoms with Gasteiger partial charge in [-0.2, -0.15) is 0 Å². The van der Waals surface area contributed by atoms with Gasteiger partial charge in [-0.05, 0) is 60.0 Å². The molecule has 6 nitrogen and oxygen atoms in total. The number of aromatic nitrogens is 1. The van der Waals surface area contributed by atoms with Crippen LogP contribution in [0.1, 0.15) is 35.7 Å². The van der Waals surface area contributed by atoms with Crippen molar-refractivity contribution in [1.82, 2.24) is 4.98 Å². The van der Waals surface area contributed by atoms with Crippen LogP contribution in [0.3, 0.4) is 0 Å². The predicted octanol–water partition coefficient (Wildman–Crippen LogP) is 5.89. The van der Waals surface area contributed by atoms with Gasteiger partial charge in [0.05, 0.1) is 19.8 Å². The van der Waals surface area contributed by atoms with Crippen molar-refractivity contribution >= 4 is 22.7 Å². The number of nitrogens with one attached hydrogen (secondary N) is 1. The number of hydrogen-bond acceptors (Lipinski definition) is 5. The monoisotopic (exact) mass is 416 g/mol. The summed E-state index contributed by atoms with van der Waals surface area (Å²) in [5, 5.41) is 2.88. The van der Waals surface area contributed by atoms with Gasteiger partial charge < -0.3 is 19.2 Å². The molecule has 6 heteroatoms. The molecule has 4 rings (SSSR count). The molecule has 0 saturated carbocycles. The highest BCUT2D eigenvalue weighted by molar-refractivity contribution is 6.06. The maximum atomic E-state index is 12.7. The number of benzene rings is 3. The van der Waals surface area contributed by atoms with E-state index in [4.69, 9.17) is 13.9 Å². The maximum absolute atomic E-state index is 12.7. The summed E-state index contributed by atoms with van der Waals surface area (Å²) in [6.45, 7) is 4.30. The summed E-state index contributed by atoms with van der Waals surface area (Å²) >= 11 is 0. The van der Waals surface area contributed by atoms with Crippen LogP contribution in [0.15, 0.2) is 65.1 Å². The maximum Gasteiger partial charge on any atom is 0.259 e. The Labute approximate surface area is 180 Å². The fraction of sp³-hybridized carbons (Fsp3) is 0.200. The number of carbonyl (C=O) groups is 1. The Kier molecular flexibility index (Phi) is 5.62. The first kappa shape index (κ1) is 20.5. The van der Waals surface area contributed by atoms with E-state index in [2.05, 4.69) is 36.3 Å². The Morgan fingerprint density at radius 3 is 2.42 bits per heavy atom. The molecular weight excluding hydrogens is 392 g/mol. The van der Waals surface area contributed by atoms with Crippen molar-refractivity contribution in [2.24, 2.45) is 0 Å². The molecule has 1 amide bonds. The molecule has 0 atom stereocenters. The smallest absolute Gasteiger partial charge is 0.259 e. The summed E-state index contributed by atoms with van der Waals surface area (Å²) in [6, 6.07) is 18.5. The summed E-state index contributed by atoms with van der Waals surface area (Å²) in [6.07, 6.45) is 0. The molecule has 4 aromatic rings. The van der Waals surface area contributed by atoms with Crippen molar-refractivity contribution in [3.63, 3.8) is 0 Å². The topological polar surface area (TPSA) is 73.6 Å². The fourth-order valence-electron chi connectivity index (χ4n) is 3.31. The van der Waals surface area contributed by atoms with E-state index in [0.29, 0.717) is 34.6 Å². The third-order valence-electron chi connectivity index (χ3n) is 5.12.